The van der Waals surface area contributed by atoms with E-state index >= 15 is 0 Å². The van der Waals surface area contributed by atoms with E-state index < -0.39 is 11.9 Å². The molecule has 2 atom stereocenters. The van der Waals surface area contributed by atoms with Gasteiger partial charge in [0.15, 0.2) is 0 Å². The third-order valence-electron chi connectivity index (χ3n) is 4.07. The summed E-state index contributed by atoms with van der Waals surface area (Å²) in [6.45, 7) is 1.92. The Balaban J connectivity index is 2.12. The minimum absolute atomic E-state index is 0.191. The Bertz CT molecular complexity index is 544. The van der Waals surface area contributed by atoms with Crippen LogP contribution in [0.2, 0.25) is 0 Å². The maximum absolute atomic E-state index is 12.3. The first kappa shape index (κ1) is 16.0. The first-order valence-electron chi connectivity index (χ1n) is 7.29. The van der Waals surface area contributed by atoms with Gasteiger partial charge in [0.2, 0.25) is 0 Å². The lowest BCUT2D eigenvalue weighted by atomic mass is 9.94. The molecule has 4 nitrogen and oxygen atoms in total. The Morgan fingerprint density at radius 1 is 1.24 bits per heavy atom. The van der Waals surface area contributed by atoms with Gasteiger partial charge >= 0.3 is 5.97 Å². The molecule has 1 aliphatic carbocycles. The van der Waals surface area contributed by atoms with Gasteiger partial charge in [0, 0.05) is 16.1 Å². The summed E-state index contributed by atoms with van der Waals surface area (Å²) in [4.78, 5) is 23.7. The summed E-state index contributed by atoms with van der Waals surface area (Å²) in [5.41, 5.74) is 1.56. The van der Waals surface area contributed by atoms with Gasteiger partial charge in [-0.15, -0.1) is 0 Å². The van der Waals surface area contributed by atoms with Crippen LogP contribution >= 0.6 is 15.9 Å². The van der Waals surface area contributed by atoms with E-state index in [2.05, 4.69) is 21.2 Å². The lowest BCUT2D eigenvalue weighted by Crippen LogP contribution is -2.42. The van der Waals surface area contributed by atoms with Crippen LogP contribution < -0.4 is 5.32 Å². The van der Waals surface area contributed by atoms with Crippen molar-refractivity contribution in [1.82, 2.24) is 5.32 Å². The lowest BCUT2D eigenvalue weighted by Gasteiger charge is -2.23. The molecule has 2 unspecified atom stereocenters. The molecule has 1 aliphatic rings. The van der Waals surface area contributed by atoms with E-state index in [1.165, 1.54) is 0 Å². The third-order valence-corrected chi connectivity index (χ3v) is 4.96. The smallest absolute Gasteiger partial charge is 0.308 e. The average molecular weight is 354 g/mol. The van der Waals surface area contributed by atoms with Gasteiger partial charge in [-0.1, -0.05) is 35.2 Å². The molecule has 0 heterocycles. The van der Waals surface area contributed by atoms with Gasteiger partial charge < -0.3 is 10.4 Å². The number of carbonyl (C=O) groups excluding carboxylic acids is 1. The quantitative estimate of drug-likeness (QED) is 0.817. The van der Waals surface area contributed by atoms with Crippen LogP contribution in [0.25, 0.3) is 0 Å². The number of aryl methyl sites for hydroxylation is 1. The van der Waals surface area contributed by atoms with Gasteiger partial charge in [-0.05, 0) is 43.5 Å². The number of rotatable bonds is 3. The van der Waals surface area contributed by atoms with Crippen molar-refractivity contribution in [3.8, 4) is 0 Å². The largest absolute Gasteiger partial charge is 0.481 e. The summed E-state index contributed by atoms with van der Waals surface area (Å²) in [5.74, 6) is -1.48. The summed E-state index contributed by atoms with van der Waals surface area (Å²) >= 11 is 3.41. The summed E-state index contributed by atoms with van der Waals surface area (Å²) in [7, 11) is 0. The predicted octanol–water partition coefficient (Wildman–Crippen LogP) is 3.52. The van der Waals surface area contributed by atoms with E-state index in [4.69, 9.17) is 0 Å². The Labute approximate surface area is 133 Å². The van der Waals surface area contributed by atoms with Crippen LogP contribution in [0, 0.1) is 12.8 Å². The van der Waals surface area contributed by atoms with E-state index in [1.807, 2.05) is 19.1 Å². The molecule has 0 spiro atoms. The van der Waals surface area contributed by atoms with Crippen LogP contribution in [0.5, 0.6) is 0 Å². The number of halogens is 1. The van der Waals surface area contributed by atoms with Gasteiger partial charge in [0.05, 0.1) is 5.92 Å². The highest BCUT2D eigenvalue weighted by Gasteiger charge is 2.30. The highest BCUT2D eigenvalue weighted by molar-refractivity contribution is 9.10. The topological polar surface area (TPSA) is 66.4 Å². The van der Waals surface area contributed by atoms with Gasteiger partial charge in [0.25, 0.3) is 5.91 Å². The van der Waals surface area contributed by atoms with Crippen LogP contribution in [0.3, 0.4) is 0 Å². The molecule has 0 aliphatic heterocycles. The van der Waals surface area contributed by atoms with E-state index in [0.717, 1.165) is 35.7 Å². The highest BCUT2D eigenvalue weighted by atomic mass is 79.9. The van der Waals surface area contributed by atoms with Crippen molar-refractivity contribution >= 4 is 27.8 Å². The zero-order valence-corrected chi connectivity index (χ0v) is 13.6. The lowest BCUT2D eigenvalue weighted by molar-refractivity contribution is -0.142. The zero-order chi connectivity index (χ0) is 15.4. The number of carboxylic acids is 1. The van der Waals surface area contributed by atoms with Crippen molar-refractivity contribution in [3.05, 3.63) is 33.8 Å². The Morgan fingerprint density at radius 3 is 2.62 bits per heavy atom. The molecular formula is C16H20BrNO3. The third kappa shape index (κ3) is 4.06. The summed E-state index contributed by atoms with van der Waals surface area (Å²) in [6, 6.07) is 5.12. The van der Waals surface area contributed by atoms with E-state index in [0.29, 0.717) is 12.0 Å². The number of carbonyl (C=O) groups is 2. The van der Waals surface area contributed by atoms with E-state index in [-0.39, 0.29) is 11.9 Å². The molecule has 0 saturated heterocycles. The molecule has 1 aromatic rings. The summed E-state index contributed by atoms with van der Waals surface area (Å²) in [5, 5.41) is 12.3. The zero-order valence-electron chi connectivity index (χ0n) is 12.1. The first-order chi connectivity index (χ1) is 9.99. The predicted molar refractivity (Wildman–Crippen MR) is 84.3 cm³/mol. The fraction of sp³-hybridized carbons (Fsp3) is 0.500. The van der Waals surface area contributed by atoms with Crippen molar-refractivity contribution in [3.63, 3.8) is 0 Å². The number of hydrogen-bond donors (Lipinski definition) is 2. The van der Waals surface area contributed by atoms with Crippen LogP contribution in [0.4, 0.5) is 0 Å². The Hall–Kier alpha value is -1.36. The van der Waals surface area contributed by atoms with E-state index in [9.17, 15) is 14.7 Å². The van der Waals surface area contributed by atoms with Gasteiger partial charge in [0.1, 0.15) is 0 Å². The van der Waals surface area contributed by atoms with Crippen molar-refractivity contribution in [2.24, 2.45) is 5.92 Å². The molecular weight excluding hydrogens is 334 g/mol. The minimum atomic E-state index is -0.811. The first-order valence-corrected chi connectivity index (χ1v) is 8.08. The number of hydrogen-bond acceptors (Lipinski definition) is 2. The minimum Gasteiger partial charge on any atom is -0.481 e. The monoisotopic (exact) mass is 353 g/mol. The SMILES string of the molecule is Cc1cc(C(=O)NC2CCCCCC2C(=O)O)ccc1Br. The highest BCUT2D eigenvalue weighted by Crippen LogP contribution is 2.24. The van der Waals surface area contributed by atoms with Gasteiger partial charge in [-0.25, -0.2) is 0 Å². The fourth-order valence-corrected chi connectivity index (χ4v) is 3.06. The molecule has 1 aromatic carbocycles. The molecule has 0 bridgehead atoms. The maximum Gasteiger partial charge on any atom is 0.308 e. The number of benzene rings is 1. The Morgan fingerprint density at radius 2 is 1.95 bits per heavy atom. The van der Waals surface area contributed by atoms with Crippen LogP contribution in [-0.2, 0) is 4.79 Å². The number of carboxylic acid groups (broad SMARTS) is 1. The van der Waals surface area contributed by atoms with Crippen LogP contribution in [-0.4, -0.2) is 23.0 Å². The molecule has 0 aromatic heterocycles. The molecule has 2 N–H and O–H groups in total. The summed E-state index contributed by atoms with van der Waals surface area (Å²) < 4.78 is 0.955. The fourth-order valence-electron chi connectivity index (χ4n) is 2.81. The van der Waals surface area contributed by atoms with Crippen LogP contribution in [0.15, 0.2) is 22.7 Å². The van der Waals surface area contributed by atoms with Crippen molar-refractivity contribution < 1.29 is 14.7 Å². The molecule has 1 fully saturated rings. The molecule has 1 amide bonds. The standard InChI is InChI=1S/C16H20BrNO3/c1-10-9-11(7-8-13(10)17)15(19)18-14-6-4-2-3-5-12(14)16(20)21/h7-9,12,14H,2-6H2,1H3,(H,18,19)(H,20,21). The Kier molecular flexibility index (Phi) is 5.39. The van der Waals surface area contributed by atoms with Gasteiger partial charge in [-0.2, -0.15) is 0 Å². The molecule has 2 rings (SSSR count). The van der Waals surface area contributed by atoms with E-state index in [1.54, 1.807) is 6.07 Å². The molecule has 0 radical (unpaired) electrons. The maximum atomic E-state index is 12.3. The second-order valence-electron chi connectivity index (χ2n) is 5.63. The van der Waals surface area contributed by atoms with Crippen molar-refractivity contribution in [2.45, 2.75) is 45.1 Å². The second-order valence-corrected chi connectivity index (χ2v) is 6.48. The molecule has 1 saturated carbocycles. The average Bonchev–Trinajstić information content (AvgIpc) is 2.67. The molecule has 5 heteroatoms. The molecule has 114 valence electrons. The number of aliphatic carboxylic acids is 1. The van der Waals surface area contributed by atoms with Crippen molar-refractivity contribution in [2.75, 3.05) is 0 Å². The van der Waals surface area contributed by atoms with Gasteiger partial charge in [-0.3, -0.25) is 9.59 Å². The number of amides is 1. The van der Waals surface area contributed by atoms with Crippen LogP contribution in [0.1, 0.15) is 48.0 Å². The second kappa shape index (κ2) is 7.07. The normalized spacial score (nSPS) is 22.4. The molecule has 21 heavy (non-hydrogen) atoms. The number of nitrogens with one attached hydrogen (secondary N) is 1. The summed E-state index contributed by atoms with van der Waals surface area (Å²) in [6.07, 6.45) is 4.29. The van der Waals surface area contributed by atoms with Crippen molar-refractivity contribution in [1.29, 1.82) is 0 Å².